The minimum Gasteiger partial charge on any atom is -0.491 e. The molecule has 1 aliphatic carbocycles. The van der Waals surface area contributed by atoms with E-state index in [0.29, 0.717) is 50.5 Å². The second-order valence-corrected chi connectivity index (χ2v) is 9.83. The van der Waals surface area contributed by atoms with E-state index in [-0.39, 0.29) is 11.9 Å². The number of thiophene rings is 1. The number of carbonyl (C=O) groups excluding carboxylic acids is 1. The maximum absolute atomic E-state index is 13.4. The third-order valence-electron chi connectivity index (χ3n) is 6.00. The number of fused-ring (bicyclic) bond motifs is 1. The Balaban J connectivity index is 1.43. The molecule has 1 fully saturated rings. The monoisotopic (exact) mass is 478 g/mol. The van der Waals surface area contributed by atoms with Crippen LogP contribution in [0.4, 0.5) is 0 Å². The first-order valence-electron chi connectivity index (χ1n) is 11.3. The molecule has 0 spiro atoms. The molecule has 1 saturated carbocycles. The molecule has 1 N–H and O–H groups in total. The molecule has 2 unspecified atom stereocenters. The summed E-state index contributed by atoms with van der Waals surface area (Å²) in [6.07, 6.45) is 2.43. The molecule has 2 aromatic rings. The van der Waals surface area contributed by atoms with E-state index in [4.69, 9.17) is 21.1 Å². The maximum atomic E-state index is 13.4. The Hall–Kier alpha value is -1.64. The summed E-state index contributed by atoms with van der Waals surface area (Å²) in [4.78, 5) is 18.8. The van der Waals surface area contributed by atoms with Crippen LogP contribution in [-0.2, 0) is 16.0 Å². The average molecular weight is 479 g/mol. The van der Waals surface area contributed by atoms with Gasteiger partial charge in [-0.3, -0.25) is 9.69 Å². The Labute approximate surface area is 198 Å². The van der Waals surface area contributed by atoms with Crippen molar-refractivity contribution in [1.29, 1.82) is 0 Å². The molecular weight excluding hydrogens is 448 g/mol. The van der Waals surface area contributed by atoms with Crippen LogP contribution < -0.4 is 4.74 Å². The van der Waals surface area contributed by atoms with Gasteiger partial charge in [-0.15, -0.1) is 11.3 Å². The molecule has 2 atom stereocenters. The predicted octanol–water partition coefficient (Wildman–Crippen LogP) is 3.77. The van der Waals surface area contributed by atoms with Crippen LogP contribution in [0.25, 0.3) is 0 Å². The second kappa shape index (κ2) is 11.0. The van der Waals surface area contributed by atoms with Crippen molar-refractivity contribution in [3.05, 3.63) is 51.2 Å². The summed E-state index contributed by atoms with van der Waals surface area (Å²) in [6, 6.07) is 9.67. The van der Waals surface area contributed by atoms with E-state index in [1.54, 1.807) is 23.5 Å². The average Bonchev–Trinajstić information content (AvgIpc) is 3.53. The number of aliphatic hydroxyl groups excluding tert-OH is 1. The van der Waals surface area contributed by atoms with Crippen LogP contribution in [-0.4, -0.2) is 72.4 Å². The Bertz CT molecular complexity index is 886. The number of ether oxygens (including phenoxy) is 2. The van der Waals surface area contributed by atoms with Crippen LogP contribution in [0.3, 0.4) is 0 Å². The zero-order valence-electron chi connectivity index (χ0n) is 18.4. The van der Waals surface area contributed by atoms with Crippen LogP contribution in [0.15, 0.2) is 35.7 Å². The minimum atomic E-state index is -0.586. The summed E-state index contributed by atoms with van der Waals surface area (Å²) in [5, 5.41) is 13.1. The molecule has 0 bridgehead atoms. The molecule has 8 heteroatoms. The van der Waals surface area contributed by atoms with E-state index in [2.05, 4.69) is 16.3 Å². The highest BCUT2D eigenvalue weighted by atomic mass is 35.5. The number of carbonyl (C=O) groups is 1. The van der Waals surface area contributed by atoms with Gasteiger partial charge in [0.25, 0.3) is 0 Å². The summed E-state index contributed by atoms with van der Waals surface area (Å²) in [5.74, 6) is 0.824. The Morgan fingerprint density at radius 2 is 2.09 bits per heavy atom. The SMILES string of the molecule is CCOCC(O)CN(CC(=O)N1CCc2sccc2C1COc1ccc(Cl)cc1)C1CC1. The zero-order valence-corrected chi connectivity index (χ0v) is 20.0. The summed E-state index contributed by atoms with van der Waals surface area (Å²) >= 11 is 7.73. The van der Waals surface area contributed by atoms with E-state index in [0.717, 1.165) is 25.0 Å². The fraction of sp³-hybridized carbons (Fsp3) is 0.542. The summed E-state index contributed by atoms with van der Waals surface area (Å²) in [6.45, 7) is 4.63. The highest BCUT2D eigenvalue weighted by Crippen LogP contribution is 2.35. The number of hydrogen-bond acceptors (Lipinski definition) is 6. The molecule has 174 valence electrons. The van der Waals surface area contributed by atoms with Crippen molar-refractivity contribution in [3.63, 3.8) is 0 Å². The normalized spacial score (nSPS) is 19.1. The fourth-order valence-corrected chi connectivity index (χ4v) is 5.26. The third-order valence-corrected chi connectivity index (χ3v) is 7.25. The molecule has 1 aromatic heterocycles. The van der Waals surface area contributed by atoms with Crippen molar-refractivity contribution < 1.29 is 19.4 Å². The van der Waals surface area contributed by atoms with Crippen molar-refractivity contribution in [2.75, 3.05) is 39.5 Å². The summed E-state index contributed by atoms with van der Waals surface area (Å²) in [5.41, 5.74) is 1.18. The van der Waals surface area contributed by atoms with Gasteiger partial charge >= 0.3 is 0 Å². The van der Waals surface area contributed by atoms with Crippen LogP contribution in [0.2, 0.25) is 5.02 Å². The molecule has 32 heavy (non-hydrogen) atoms. The van der Waals surface area contributed by atoms with Crippen molar-refractivity contribution in [2.45, 2.75) is 44.4 Å². The van der Waals surface area contributed by atoms with Gasteiger partial charge in [-0.2, -0.15) is 0 Å². The number of rotatable bonds is 11. The second-order valence-electron chi connectivity index (χ2n) is 8.39. The van der Waals surface area contributed by atoms with Gasteiger partial charge in [-0.05, 0) is 67.5 Å². The van der Waals surface area contributed by atoms with Gasteiger partial charge in [-0.1, -0.05) is 11.6 Å². The van der Waals surface area contributed by atoms with Gasteiger partial charge < -0.3 is 19.5 Å². The molecule has 6 nitrogen and oxygen atoms in total. The zero-order chi connectivity index (χ0) is 22.5. The van der Waals surface area contributed by atoms with Gasteiger partial charge in [0.1, 0.15) is 12.4 Å². The standard InChI is InChI=1S/C24H31ClN2O4S/c1-2-30-15-19(28)13-26(18-5-6-18)14-24(29)27-11-9-23-21(10-12-32-23)22(27)16-31-20-7-3-17(25)4-8-20/h3-4,7-8,10,12,18-19,22,28H,2,5-6,9,11,13-16H2,1H3. The highest BCUT2D eigenvalue weighted by molar-refractivity contribution is 7.10. The third kappa shape index (κ3) is 6.02. The van der Waals surface area contributed by atoms with E-state index in [1.165, 1.54) is 10.4 Å². The lowest BCUT2D eigenvalue weighted by Gasteiger charge is -2.37. The number of amides is 1. The Morgan fingerprint density at radius 3 is 2.81 bits per heavy atom. The molecule has 4 rings (SSSR count). The van der Waals surface area contributed by atoms with Crippen LogP contribution in [0, 0.1) is 0 Å². The highest BCUT2D eigenvalue weighted by Gasteiger charge is 2.36. The number of aliphatic hydroxyl groups is 1. The van der Waals surface area contributed by atoms with Gasteiger partial charge in [0.05, 0.1) is 25.3 Å². The van der Waals surface area contributed by atoms with Gasteiger partial charge in [0.2, 0.25) is 5.91 Å². The van der Waals surface area contributed by atoms with E-state index >= 15 is 0 Å². The van der Waals surface area contributed by atoms with Crippen LogP contribution in [0.1, 0.15) is 36.2 Å². The van der Waals surface area contributed by atoms with Crippen LogP contribution in [0.5, 0.6) is 5.75 Å². The topological polar surface area (TPSA) is 62.2 Å². The number of nitrogens with zero attached hydrogens (tertiary/aromatic N) is 2. The number of benzene rings is 1. The molecule has 1 aromatic carbocycles. The molecule has 1 aliphatic heterocycles. The minimum absolute atomic E-state index is 0.0852. The van der Waals surface area contributed by atoms with Crippen molar-refractivity contribution in [1.82, 2.24) is 9.80 Å². The van der Waals surface area contributed by atoms with Gasteiger partial charge in [-0.25, -0.2) is 0 Å². The Kier molecular flexibility index (Phi) is 8.07. The molecule has 0 saturated heterocycles. The number of halogens is 1. The molecule has 1 amide bonds. The lowest BCUT2D eigenvalue weighted by molar-refractivity contribution is -0.136. The van der Waals surface area contributed by atoms with E-state index < -0.39 is 6.10 Å². The Morgan fingerprint density at radius 1 is 1.31 bits per heavy atom. The first-order chi connectivity index (χ1) is 15.5. The van der Waals surface area contributed by atoms with Crippen LogP contribution >= 0.6 is 22.9 Å². The molecule has 2 aliphatic rings. The van der Waals surface area contributed by atoms with Gasteiger partial charge in [0, 0.05) is 35.6 Å². The number of hydrogen-bond donors (Lipinski definition) is 1. The van der Waals surface area contributed by atoms with E-state index in [9.17, 15) is 9.90 Å². The smallest absolute Gasteiger partial charge is 0.237 e. The summed E-state index contributed by atoms with van der Waals surface area (Å²) in [7, 11) is 0. The predicted molar refractivity (Wildman–Crippen MR) is 127 cm³/mol. The quantitative estimate of drug-likeness (QED) is 0.532. The molecule has 2 heterocycles. The summed E-state index contributed by atoms with van der Waals surface area (Å²) < 4.78 is 11.4. The largest absolute Gasteiger partial charge is 0.491 e. The van der Waals surface area contributed by atoms with Crippen molar-refractivity contribution in [2.24, 2.45) is 0 Å². The molecule has 0 radical (unpaired) electrons. The van der Waals surface area contributed by atoms with Gasteiger partial charge in [0.15, 0.2) is 0 Å². The lowest BCUT2D eigenvalue weighted by Crippen LogP contribution is -2.48. The lowest BCUT2D eigenvalue weighted by atomic mass is 10.0. The first-order valence-corrected chi connectivity index (χ1v) is 12.5. The first kappa shape index (κ1) is 23.5. The fourth-order valence-electron chi connectivity index (χ4n) is 4.20. The molecular formula is C24H31ClN2O4S. The van der Waals surface area contributed by atoms with Crippen molar-refractivity contribution >= 4 is 28.8 Å². The van der Waals surface area contributed by atoms with Crippen molar-refractivity contribution in [3.8, 4) is 5.75 Å². The van der Waals surface area contributed by atoms with E-state index in [1.807, 2.05) is 24.0 Å². The maximum Gasteiger partial charge on any atom is 0.237 e.